The molecule has 1 heterocycles. The van der Waals surface area contributed by atoms with E-state index in [0.29, 0.717) is 5.69 Å². The maximum Gasteiger partial charge on any atom is 0.139 e. The van der Waals surface area contributed by atoms with Gasteiger partial charge in [0.2, 0.25) is 0 Å². The molecule has 3 nitrogen and oxygen atoms in total. The third-order valence-corrected chi connectivity index (χ3v) is 1.84. The van der Waals surface area contributed by atoms with Gasteiger partial charge >= 0.3 is 0 Å². The third-order valence-electron chi connectivity index (χ3n) is 1.84. The number of halogens is 1. The highest BCUT2D eigenvalue weighted by molar-refractivity contribution is 14.0. The summed E-state index contributed by atoms with van der Waals surface area (Å²) in [6.07, 6.45) is 3.34. The first kappa shape index (κ1) is 10.0. The largest absolute Gasteiger partial charge is 0.506 e. The van der Waals surface area contributed by atoms with E-state index in [0.717, 1.165) is 10.8 Å². The van der Waals surface area contributed by atoms with Crippen LogP contribution in [0.1, 0.15) is 0 Å². The van der Waals surface area contributed by atoms with Crippen LogP contribution in [0.2, 0.25) is 0 Å². The van der Waals surface area contributed by atoms with Gasteiger partial charge in [0, 0.05) is 17.8 Å². The molecule has 0 unspecified atom stereocenters. The van der Waals surface area contributed by atoms with E-state index in [-0.39, 0.29) is 29.7 Å². The fourth-order valence-corrected chi connectivity index (χ4v) is 1.17. The summed E-state index contributed by atoms with van der Waals surface area (Å²) in [5.41, 5.74) is 6.02. The highest BCUT2D eigenvalue weighted by atomic mass is 127. The molecule has 1 aromatic carbocycles. The van der Waals surface area contributed by atoms with Gasteiger partial charge in [-0.3, -0.25) is 4.98 Å². The van der Waals surface area contributed by atoms with Gasteiger partial charge < -0.3 is 10.8 Å². The first-order chi connectivity index (χ1) is 5.79. The first-order valence-electron chi connectivity index (χ1n) is 3.60. The number of pyridine rings is 1. The number of phenolic OH excluding ortho intramolecular Hbond substituents is 1. The van der Waals surface area contributed by atoms with Gasteiger partial charge in [-0.1, -0.05) is 6.07 Å². The van der Waals surface area contributed by atoms with Crippen molar-refractivity contribution in [2.45, 2.75) is 0 Å². The van der Waals surface area contributed by atoms with Crippen LogP contribution >= 0.6 is 24.0 Å². The van der Waals surface area contributed by atoms with E-state index in [1.165, 1.54) is 0 Å². The molecule has 0 aliphatic rings. The molecule has 0 bridgehead atoms. The Kier molecular flexibility index (Phi) is 2.92. The number of aromatic nitrogens is 1. The number of fused-ring (bicyclic) bond motifs is 1. The van der Waals surface area contributed by atoms with Gasteiger partial charge in [0.15, 0.2) is 0 Å². The minimum absolute atomic E-state index is 0. The number of aromatic hydroxyl groups is 1. The molecular formula is C9H9IN2O. The molecule has 68 valence electrons. The highest BCUT2D eigenvalue weighted by Gasteiger charge is 2.01. The van der Waals surface area contributed by atoms with Gasteiger partial charge in [-0.25, -0.2) is 0 Å². The Morgan fingerprint density at radius 2 is 2.00 bits per heavy atom. The zero-order valence-electron chi connectivity index (χ0n) is 6.77. The summed E-state index contributed by atoms with van der Waals surface area (Å²) >= 11 is 0. The van der Waals surface area contributed by atoms with E-state index in [1.807, 2.05) is 12.1 Å². The molecule has 0 saturated heterocycles. The SMILES string of the molecule is I.Nc1c(O)ccc2ccncc12. The predicted molar refractivity (Wildman–Crippen MR) is 63.2 cm³/mol. The monoisotopic (exact) mass is 288 g/mol. The van der Waals surface area contributed by atoms with Crippen molar-refractivity contribution in [2.24, 2.45) is 0 Å². The van der Waals surface area contributed by atoms with Crippen LogP contribution in [0.4, 0.5) is 5.69 Å². The Balaban J connectivity index is 0.000000845. The number of hydrogen-bond acceptors (Lipinski definition) is 3. The summed E-state index contributed by atoms with van der Waals surface area (Å²) in [4.78, 5) is 3.92. The normalized spacial score (nSPS) is 9.54. The molecule has 0 atom stereocenters. The standard InChI is InChI=1S/C9H8N2O.HI/c10-9-7-5-11-4-3-6(7)1-2-8(9)12;/h1-5,12H,10H2;1H. The number of nitrogens with two attached hydrogens (primary N) is 1. The van der Waals surface area contributed by atoms with Crippen molar-refractivity contribution in [3.05, 3.63) is 30.6 Å². The van der Waals surface area contributed by atoms with Crippen LogP contribution in [0, 0.1) is 0 Å². The molecule has 0 amide bonds. The molecule has 0 aliphatic heterocycles. The lowest BCUT2D eigenvalue weighted by atomic mass is 10.1. The number of benzene rings is 1. The molecule has 4 heteroatoms. The summed E-state index contributed by atoms with van der Waals surface area (Å²) in [7, 11) is 0. The van der Waals surface area contributed by atoms with Crippen LogP contribution in [0.3, 0.4) is 0 Å². The topological polar surface area (TPSA) is 59.1 Å². The highest BCUT2D eigenvalue weighted by Crippen LogP contribution is 2.28. The van der Waals surface area contributed by atoms with Gasteiger partial charge in [0.1, 0.15) is 5.75 Å². The number of nitrogen functional groups attached to an aromatic ring is 1. The van der Waals surface area contributed by atoms with Crippen LogP contribution in [-0.4, -0.2) is 10.1 Å². The predicted octanol–water partition coefficient (Wildman–Crippen LogP) is 2.14. The quantitative estimate of drug-likeness (QED) is 0.443. The van der Waals surface area contributed by atoms with E-state index < -0.39 is 0 Å². The molecule has 0 radical (unpaired) electrons. The summed E-state index contributed by atoms with van der Waals surface area (Å²) in [6, 6.07) is 5.24. The minimum atomic E-state index is 0. The Bertz CT molecular complexity index is 431. The van der Waals surface area contributed by atoms with Gasteiger partial charge in [-0.15, -0.1) is 24.0 Å². The maximum atomic E-state index is 9.26. The van der Waals surface area contributed by atoms with Gasteiger partial charge in [-0.2, -0.15) is 0 Å². The van der Waals surface area contributed by atoms with Crippen molar-refractivity contribution < 1.29 is 5.11 Å². The second-order valence-corrected chi connectivity index (χ2v) is 2.60. The van der Waals surface area contributed by atoms with Crippen LogP contribution in [0.5, 0.6) is 5.75 Å². The lowest BCUT2D eigenvalue weighted by Crippen LogP contribution is -1.87. The minimum Gasteiger partial charge on any atom is -0.506 e. The second-order valence-electron chi connectivity index (χ2n) is 2.60. The Morgan fingerprint density at radius 3 is 2.77 bits per heavy atom. The summed E-state index contributed by atoms with van der Waals surface area (Å²) in [5.74, 6) is 0.107. The van der Waals surface area contributed by atoms with Crippen molar-refractivity contribution in [1.82, 2.24) is 4.98 Å². The summed E-state index contributed by atoms with van der Waals surface area (Å²) < 4.78 is 0. The third kappa shape index (κ3) is 1.67. The Hall–Kier alpha value is -1.04. The molecule has 2 rings (SSSR count). The van der Waals surface area contributed by atoms with E-state index >= 15 is 0 Å². The fraction of sp³-hybridized carbons (Fsp3) is 0. The van der Waals surface area contributed by atoms with Crippen molar-refractivity contribution >= 4 is 40.4 Å². The van der Waals surface area contributed by atoms with Crippen LogP contribution in [0.15, 0.2) is 30.6 Å². The summed E-state index contributed by atoms with van der Waals surface area (Å²) in [5, 5.41) is 11.0. The number of phenols is 1. The van der Waals surface area contributed by atoms with Crippen molar-refractivity contribution in [1.29, 1.82) is 0 Å². The second kappa shape index (κ2) is 3.78. The fourth-order valence-electron chi connectivity index (χ4n) is 1.17. The van der Waals surface area contributed by atoms with Gasteiger partial charge in [0.25, 0.3) is 0 Å². The zero-order valence-corrected chi connectivity index (χ0v) is 9.10. The van der Waals surface area contributed by atoms with Gasteiger partial charge in [0.05, 0.1) is 5.69 Å². The molecule has 13 heavy (non-hydrogen) atoms. The van der Waals surface area contributed by atoms with Crippen molar-refractivity contribution in [2.75, 3.05) is 5.73 Å². The van der Waals surface area contributed by atoms with Crippen molar-refractivity contribution in [3.8, 4) is 5.75 Å². The number of hydrogen-bond donors (Lipinski definition) is 2. The number of anilines is 1. The lowest BCUT2D eigenvalue weighted by Gasteiger charge is -2.02. The zero-order chi connectivity index (χ0) is 8.55. The van der Waals surface area contributed by atoms with E-state index in [1.54, 1.807) is 18.5 Å². The van der Waals surface area contributed by atoms with Crippen LogP contribution < -0.4 is 5.73 Å². The van der Waals surface area contributed by atoms with E-state index in [9.17, 15) is 5.11 Å². The average molecular weight is 288 g/mol. The molecule has 0 saturated carbocycles. The maximum absolute atomic E-state index is 9.26. The van der Waals surface area contributed by atoms with Crippen LogP contribution in [-0.2, 0) is 0 Å². The smallest absolute Gasteiger partial charge is 0.139 e. The first-order valence-corrected chi connectivity index (χ1v) is 3.60. The summed E-state index contributed by atoms with van der Waals surface area (Å²) in [6.45, 7) is 0. The number of rotatable bonds is 0. The molecule has 1 aromatic heterocycles. The number of nitrogens with zero attached hydrogens (tertiary/aromatic N) is 1. The average Bonchev–Trinajstić information content (AvgIpc) is 2.12. The Labute approximate surface area is 92.6 Å². The van der Waals surface area contributed by atoms with Gasteiger partial charge in [-0.05, 0) is 17.5 Å². The Morgan fingerprint density at radius 1 is 1.23 bits per heavy atom. The molecule has 2 aromatic rings. The molecule has 0 fully saturated rings. The molecular weight excluding hydrogens is 279 g/mol. The van der Waals surface area contributed by atoms with Crippen LogP contribution in [0.25, 0.3) is 10.8 Å². The van der Waals surface area contributed by atoms with E-state index in [4.69, 9.17) is 5.73 Å². The van der Waals surface area contributed by atoms with Crippen molar-refractivity contribution in [3.63, 3.8) is 0 Å². The molecule has 0 spiro atoms. The lowest BCUT2D eigenvalue weighted by molar-refractivity contribution is 0.478. The van der Waals surface area contributed by atoms with E-state index in [2.05, 4.69) is 4.98 Å². The molecule has 3 N–H and O–H groups in total. The molecule has 0 aliphatic carbocycles.